The van der Waals surface area contributed by atoms with Crippen molar-refractivity contribution in [1.82, 2.24) is 9.55 Å². The molecule has 0 spiro atoms. The molecule has 0 radical (unpaired) electrons. The molecular formula is C14H16ClN3O. The number of nitrogens with one attached hydrogen (secondary N) is 1. The first-order valence-corrected chi connectivity index (χ1v) is 6.51. The maximum absolute atomic E-state index is 12.0. The normalized spacial score (nSPS) is 13.8. The third kappa shape index (κ3) is 2.79. The first-order chi connectivity index (χ1) is 9.07. The van der Waals surface area contributed by atoms with Gasteiger partial charge in [-0.3, -0.25) is 4.79 Å². The molecule has 1 N–H and O–H groups in total. The Bertz CT molecular complexity index is 612. The molecule has 0 saturated carbocycles. The van der Waals surface area contributed by atoms with E-state index in [0.717, 1.165) is 5.56 Å². The van der Waals surface area contributed by atoms with Gasteiger partial charge in [-0.1, -0.05) is 30.3 Å². The van der Waals surface area contributed by atoms with Crippen LogP contribution in [0.4, 0.5) is 5.82 Å². The summed E-state index contributed by atoms with van der Waals surface area (Å²) in [6, 6.07) is 9.78. The summed E-state index contributed by atoms with van der Waals surface area (Å²) in [4.78, 5) is 16.1. The van der Waals surface area contributed by atoms with Crippen molar-refractivity contribution in [2.75, 3.05) is 11.2 Å². The first kappa shape index (κ1) is 13.6. The van der Waals surface area contributed by atoms with Crippen LogP contribution < -0.4 is 10.9 Å². The molecule has 2 rings (SSSR count). The second-order valence-electron chi connectivity index (χ2n) is 4.65. The highest BCUT2D eigenvalue weighted by molar-refractivity contribution is 6.18. The van der Waals surface area contributed by atoms with Crippen LogP contribution in [0.1, 0.15) is 12.5 Å². The molecule has 1 atom stereocenters. The molecule has 0 amide bonds. The maximum atomic E-state index is 12.0. The van der Waals surface area contributed by atoms with E-state index in [1.165, 1.54) is 4.57 Å². The molecule has 0 fully saturated rings. The smallest absolute Gasteiger partial charge is 0.293 e. The van der Waals surface area contributed by atoms with E-state index in [1.807, 2.05) is 37.3 Å². The van der Waals surface area contributed by atoms with E-state index >= 15 is 0 Å². The van der Waals surface area contributed by atoms with Crippen molar-refractivity contribution in [3.63, 3.8) is 0 Å². The fourth-order valence-electron chi connectivity index (χ4n) is 1.83. The highest BCUT2D eigenvalue weighted by atomic mass is 35.5. The Kier molecular flexibility index (Phi) is 3.90. The van der Waals surface area contributed by atoms with Crippen LogP contribution in [0.25, 0.3) is 0 Å². The van der Waals surface area contributed by atoms with E-state index in [2.05, 4.69) is 10.3 Å². The summed E-state index contributed by atoms with van der Waals surface area (Å²) in [5, 5.41) is 3.15. The molecule has 1 unspecified atom stereocenters. The Labute approximate surface area is 117 Å². The van der Waals surface area contributed by atoms with Crippen molar-refractivity contribution in [3.05, 3.63) is 58.6 Å². The summed E-state index contributed by atoms with van der Waals surface area (Å²) in [6.07, 6.45) is 3.21. The maximum Gasteiger partial charge on any atom is 0.293 e. The third-order valence-corrected chi connectivity index (χ3v) is 3.62. The van der Waals surface area contributed by atoms with Crippen LogP contribution in [0.5, 0.6) is 0 Å². The van der Waals surface area contributed by atoms with E-state index < -0.39 is 5.54 Å². The van der Waals surface area contributed by atoms with Crippen molar-refractivity contribution < 1.29 is 0 Å². The van der Waals surface area contributed by atoms with E-state index in [4.69, 9.17) is 11.6 Å². The number of alkyl halides is 1. The number of halogens is 1. The van der Waals surface area contributed by atoms with Gasteiger partial charge in [0.15, 0.2) is 5.82 Å². The average Bonchev–Trinajstić information content (AvgIpc) is 2.45. The number of benzene rings is 1. The number of aromatic nitrogens is 2. The van der Waals surface area contributed by atoms with Crippen molar-refractivity contribution in [3.8, 4) is 0 Å². The van der Waals surface area contributed by atoms with Crippen molar-refractivity contribution in [1.29, 1.82) is 0 Å². The zero-order valence-corrected chi connectivity index (χ0v) is 11.7. The minimum atomic E-state index is -0.538. The van der Waals surface area contributed by atoms with Crippen molar-refractivity contribution in [2.45, 2.75) is 12.5 Å². The van der Waals surface area contributed by atoms with Gasteiger partial charge in [0, 0.05) is 25.3 Å². The molecule has 100 valence electrons. The molecule has 1 heterocycles. The zero-order chi connectivity index (χ0) is 13.9. The number of anilines is 1. The van der Waals surface area contributed by atoms with Crippen LogP contribution in [-0.2, 0) is 12.6 Å². The number of hydrogen-bond donors (Lipinski definition) is 1. The highest BCUT2D eigenvalue weighted by Crippen LogP contribution is 2.25. The average molecular weight is 278 g/mol. The van der Waals surface area contributed by atoms with Gasteiger partial charge in [-0.2, -0.15) is 0 Å². The van der Waals surface area contributed by atoms with E-state index in [0.29, 0.717) is 11.7 Å². The summed E-state index contributed by atoms with van der Waals surface area (Å²) < 4.78 is 1.48. The van der Waals surface area contributed by atoms with Crippen LogP contribution in [-0.4, -0.2) is 15.4 Å². The lowest BCUT2D eigenvalue weighted by molar-refractivity contribution is 0.609. The van der Waals surface area contributed by atoms with Crippen LogP contribution in [0.15, 0.2) is 47.5 Å². The van der Waals surface area contributed by atoms with Crippen molar-refractivity contribution in [2.24, 2.45) is 7.05 Å². The molecule has 0 bridgehead atoms. The fraction of sp³-hybridized carbons (Fsp3) is 0.286. The second kappa shape index (κ2) is 5.45. The molecule has 1 aromatic heterocycles. The van der Waals surface area contributed by atoms with Gasteiger partial charge in [0.05, 0.1) is 5.54 Å². The SMILES string of the molecule is Cn1ccnc(NC(C)(CCl)c2ccccc2)c1=O. The zero-order valence-electron chi connectivity index (χ0n) is 10.9. The second-order valence-corrected chi connectivity index (χ2v) is 4.92. The third-order valence-electron chi connectivity index (χ3n) is 3.09. The summed E-state index contributed by atoms with van der Waals surface area (Å²) in [7, 11) is 1.69. The van der Waals surface area contributed by atoms with Gasteiger partial charge in [0.2, 0.25) is 0 Å². The Morgan fingerprint density at radius 1 is 1.37 bits per heavy atom. The number of rotatable bonds is 4. The first-order valence-electron chi connectivity index (χ1n) is 5.98. The lowest BCUT2D eigenvalue weighted by atomic mass is 9.94. The molecule has 4 nitrogen and oxygen atoms in total. The molecule has 0 aliphatic carbocycles. The largest absolute Gasteiger partial charge is 0.355 e. The molecular weight excluding hydrogens is 262 g/mol. The molecule has 1 aromatic carbocycles. The van der Waals surface area contributed by atoms with Crippen LogP contribution in [0.3, 0.4) is 0 Å². The fourth-order valence-corrected chi connectivity index (χ4v) is 2.05. The van der Waals surface area contributed by atoms with E-state index in [1.54, 1.807) is 19.4 Å². The van der Waals surface area contributed by atoms with Gasteiger partial charge in [-0.15, -0.1) is 11.6 Å². The summed E-state index contributed by atoms with van der Waals surface area (Å²) in [5.74, 6) is 0.633. The molecule has 19 heavy (non-hydrogen) atoms. The van der Waals surface area contributed by atoms with Gasteiger partial charge < -0.3 is 9.88 Å². The number of hydrogen-bond acceptors (Lipinski definition) is 3. The Morgan fingerprint density at radius 3 is 2.68 bits per heavy atom. The van der Waals surface area contributed by atoms with Gasteiger partial charge >= 0.3 is 0 Å². The summed E-state index contributed by atoms with van der Waals surface area (Å²) in [6.45, 7) is 1.95. The van der Waals surface area contributed by atoms with Gasteiger partial charge in [-0.25, -0.2) is 4.98 Å². The number of nitrogens with zero attached hydrogens (tertiary/aromatic N) is 2. The molecule has 2 aromatic rings. The van der Waals surface area contributed by atoms with Crippen LogP contribution >= 0.6 is 11.6 Å². The monoisotopic (exact) mass is 277 g/mol. The Balaban J connectivity index is 2.39. The predicted molar refractivity (Wildman–Crippen MR) is 77.6 cm³/mol. The van der Waals surface area contributed by atoms with Gasteiger partial charge in [-0.05, 0) is 12.5 Å². The standard InChI is InChI=1S/C14H16ClN3O/c1-14(10-15,11-6-4-3-5-7-11)17-12-13(19)18(2)9-8-16-12/h3-9H,10H2,1-2H3,(H,16,17). The van der Waals surface area contributed by atoms with E-state index in [9.17, 15) is 4.79 Å². The Hall–Kier alpha value is -1.81. The minimum absolute atomic E-state index is 0.172. The molecule has 5 heteroatoms. The van der Waals surface area contributed by atoms with Crippen LogP contribution in [0, 0.1) is 0 Å². The summed E-state index contributed by atoms with van der Waals surface area (Å²) >= 11 is 6.09. The molecule has 0 aliphatic heterocycles. The molecule has 0 saturated heterocycles. The highest BCUT2D eigenvalue weighted by Gasteiger charge is 2.26. The molecule has 0 aliphatic rings. The topological polar surface area (TPSA) is 46.9 Å². The number of aryl methyl sites for hydroxylation is 1. The summed E-state index contributed by atoms with van der Waals surface area (Å²) in [5.41, 5.74) is 0.302. The van der Waals surface area contributed by atoms with Gasteiger partial charge in [0.25, 0.3) is 5.56 Å². The van der Waals surface area contributed by atoms with Gasteiger partial charge in [0.1, 0.15) is 0 Å². The van der Waals surface area contributed by atoms with Crippen LogP contribution in [0.2, 0.25) is 0 Å². The lowest BCUT2D eigenvalue weighted by Crippen LogP contribution is -2.37. The van der Waals surface area contributed by atoms with Crippen molar-refractivity contribution >= 4 is 17.4 Å². The lowest BCUT2D eigenvalue weighted by Gasteiger charge is -2.29. The minimum Gasteiger partial charge on any atom is -0.355 e. The quantitative estimate of drug-likeness (QED) is 0.873. The predicted octanol–water partition coefficient (Wildman–Crippen LogP) is 2.35. The van der Waals surface area contributed by atoms with E-state index in [-0.39, 0.29) is 5.56 Å². The Morgan fingerprint density at radius 2 is 2.05 bits per heavy atom.